The first-order chi connectivity index (χ1) is 9.47. The molecule has 20 heavy (non-hydrogen) atoms. The van der Waals surface area contributed by atoms with Gasteiger partial charge in [0.25, 0.3) is 0 Å². The van der Waals surface area contributed by atoms with Crippen LogP contribution in [0.1, 0.15) is 47.8 Å². The minimum absolute atomic E-state index is 0.298. The molecule has 1 aliphatic carbocycles. The minimum Gasteiger partial charge on any atom is -0.478 e. The third-order valence-corrected chi connectivity index (χ3v) is 4.30. The summed E-state index contributed by atoms with van der Waals surface area (Å²) in [7, 11) is 0. The van der Waals surface area contributed by atoms with E-state index in [1.807, 2.05) is 0 Å². The van der Waals surface area contributed by atoms with E-state index in [4.69, 9.17) is 16.6 Å². The van der Waals surface area contributed by atoms with E-state index >= 15 is 0 Å². The molecule has 1 N–H and O–H groups in total. The third kappa shape index (κ3) is 2.06. The Morgan fingerprint density at radius 3 is 2.85 bits per heavy atom. The molecule has 1 aliphatic rings. The second-order valence-electron chi connectivity index (χ2n) is 5.76. The maximum Gasteiger partial charge on any atom is 0.336 e. The largest absolute Gasteiger partial charge is 0.478 e. The first-order valence-electron chi connectivity index (χ1n) is 6.82. The topological polar surface area (TPSA) is 50.2 Å². The monoisotopic (exact) mass is 289 g/mol. The van der Waals surface area contributed by atoms with Crippen LogP contribution in [0, 0.1) is 5.92 Å². The summed E-state index contributed by atoms with van der Waals surface area (Å²) in [5.74, 6) is -0.113. The summed E-state index contributed by atoms with van der Waals surface area (Å²) in [5.41, 5.74) is 2.92. The minimum atomic E-state index is -0.891. The number of fused-ring (bicyclic) bond motifs is 2. The first kappa shape index (κ1) is 13.4. The predicted octanol–water partition coefficient (Wildman–Crippen LogP) is 4.27. The van der Waals surface area contributed by atoms with Crippen LogP contribution in [0.25, 0.3) is 10.9 Å². The van der Waals surface area contributed by atoms with Crippen LogP contribution >= 0.6 is 11.6 Å². The number of carboxylic acids is 1. The highest BCUT2D eigenvalue weighted by molar-refractivity contribution is 6.31. The molecule has 2 aromatic rings. The Labute approximate surface area is 122 Å². The van der Waals surface area contributed by atoms with E-state index in [1.165, 1.54) is 0 Å². The highest BCUT2D eigenvalue weighted by Crippen LogP contribution is 2.38. The Morgan fingerprint density at radius 2 is 2.15 bits per heavy atom. The molecule has 2 unspecified atom stereocenters. The molecule has 0 bridgehead atoms. The van der Waals surface area contributed by atoms with Crippen LogP contribution in [-0.4, -0.2) is 16.1 Å². The van der Waals surface area contributed by atoms with Gasteiger partial charge in [-0.1, -0.05) is 25.4 Å². The predicted molar refractivity (Wildman–Crippen MR) is 79.6 cm³/mol. The Hall–Kier alpha value is -1.61. The van der Waals surface area contributed by atoms with Gasteiger partial charge in [-0.2, -0.15) is 0 Å². The van der Waals surface area contributed by atoms with Crippen LogP contribution in [0.4, 0.5) is 0 Å². The van der Waals surface area contributed by atoms with E-state index in [0.29, 0.717) is 33.3 Å². The fraction of sp³-hybridized carbons (Fsp3) is 0.375. The standard InChI is InChI=1S/C16H16ClNO2/c1-8-5-9(2)15-12(6-8)14(16(19)20)11-7-10(17)3-4-13(11)18-15/h3-4,7-9H,5-6H2,1-2H3,(H,19,20). The number of carbonyl (C=O) groups is 1. The number of aromatic nitrogens is 1. The number of hydrogen-bond acceptors (Lipinski definition) is 2. The second-order valence-corrected chi connectivity index (χ2v) is 6.20. The first-order valence-corrected chi connectivity index (χ1v) is 7.20. The average molecular weight is 290 g/mol. The van der Waals surface area contributed by atoms with Gasteiger partial charge in [0.15, 0.2) is 0 Å². The molecule has 0 saturated heterocycles. The fourth-order valence-corrected chi connectivity index (χ4v) is 3.47. The Balaban J connectivity index is 2.40. The van der Waals surface area contributed by atoms with Crippen molar-refractivity contribution in [2.24, 2.45) is 5.92 Å². The maximum atomic E-state index is 11.7. The molecule has 3 nitrogen and oxygen atoms in total. The zero-order valence-corrected chi connectivity index (χ0v) is 12.2. The summed E-state index contributed by atoms with van der Waals surface area (Å²) in [4.78, 5) is 16.4. The van der Waals surface area contributed by atoms with Gasteiger partial charge in [0, 0.05) is 16.1 Å². The molecule has 4 heteroatoms. The second kappa shape index (κ2) is 4.74. The molecular formula is C16H16ClNO2. The van der Waals surface area contributed by atoms with E-state index in [2.05, 4.69) is 13.8 Å². The highest BCUT2D eigenvalue weighted by Gasteiger charge is 2.29. The lowest BCUT2D eigenvalue weighted by atomic mass is 9.79. The third-order valence-electron chi connectivity index (χ3n) is 4.07. The molecule has 2 atom stereocenters. The average Bonchev–Trinajstić information content (AvgIpc) is 2.36. The van der Waals surface area contributed by atoms with Gasteiger partial charge in [0.05, 0.1) is 11.1 Å². The van der Waals surface area contributed by atoms with Gasteiger partial charge in [-0.3, -0.25) is 4.98 Å². The van der Waals surface area contributed by atoms with Crippen LogP contribution in [0.15, 0.2) is 18.2 Å². The normalized spacial score (nSPS) is 21.8. The molecule has 3 rings (SSSR count). The fourth-order valence-electron chi connectivity index (χ4n) is 3.30. The molecule has 0 radical (unpaired) electrons. The lowest BCUT2D eigenvalue weighted by Gasteiger charge is -2.28. The van der Waals surface area contributed by atoms with Gasteiger partial charge >= 0.3 is 5.97 Å². The molecular weight excluding hydrogens is 274 g/mol. The Bertz CT molecular complexity index is 711. The van der Waals surface area contributed by atoms with Crippen molar-refractivity contribution in [3.63, 3.8) is 0 Å². The number of carboxylic acid groups (broad SMARTS) is 1. The number of hydrogen-bond donors (Lipinski definition) is 1. The molecule has 1 aromatic carbocycles. The maximum absolute atomic E-state index is 11.7. The van der Waals surface area contributed by atoms with Crippen LogP contribution in [0.5, 0.6) is 0 Å². The van der Waals surface area contributed by atoms with Crippen molar-refractivity contribution in [2.45, 2.75) is 32.6 Å². The van der Waals surface area contributed by atoms with Crippen LogP contribution < -0.4 is 0 Å². The van der Waals surface area contributed by atoms with E-state index in [0.717, 1.165) is 24.1 Å². The summed E-state index contributed by atoms with van der Waals surface area (Å²) in [6.45, 7) is 4.28. The van der Waals surface area contributed by atoms with Crippen molar-refractivity contribution in [2.75, 3.05) is 0 Å². The quantitative estimate of drug-likeness (QED) is 0.853. The Morgan fingerprint density at radius 1 is 1.40 bits per heavy atom. The number of pyridine rings is 1. The molecule has 1 heterocycles. The molecule has 0 aliphatic heterocycles. The number of benzene rings is 1. The summed E-state index contributed by atoms with van der Waals surface area (Å²) >= 11 is 6.02. The van der Waals surface area contributed by atoms with Crippen LogP contribution in [-0.2, 0) is 6.42 Å². The van der Waals surface area contributed by atoms with E-state index in [9.17, 15) is 9.90 Å². The lowest BCUT2D eigenvalue weighted by molar-refractivity contribution is 0.0697. The smallest absolute Gasteiger partial charge is 0.336 e. The molecule has 0 fully saturated rings. The van der Waals surface area contributed by atoms with Crippen molar-refractivity contribution in [1.29, 1.82) is 0 Å². The zero-order valence-electron chi connectivity index (χ0n) is 11.5. The molecule has 0 saturated carbocycles. The van der Waals surface area contributed by atoms with Crippen molar-refractivity contribution in [3.05, 3.63) is 40.0 Å². The lowest BCUT2D eigenvalue weighted by Crippen LogP contribution is -2.20. The SMILES string of the molecule is CC1Cc2c(nc3ccc(Cl)cc3c2C(=O)O)C(C)C1. The van der Waals surface area contributed by atoms with Crippen LogP contribution in [0.3, 0.4) is 0 Å². The van der Waals surface area contributed by atoms with E-state index < -0.39 is 5.97 Å². The summed E-state index contributed by atoms with van der Waals surface area (Å²) < 4.78 is 0. The molecule has 0 amide bonds. The Kier molecular flexibility index (Phi) is 3.17. The summed E-state index contributed by atoms with van der Waals surface area (Å²) in [6.07, 6.45) is 1.83. The van der Waals surface area contributed by atoms with Crippen molar-refractivity contribution >= 4 is 28.5 Å². The number of nitrogens with zero attached hydrogens (tertiary/aromatic N) is 1. The molecule has 104 valence electrons. The number of rotatable bonds is 1. The van der Waals surface area contributed by atoms with Crippen molar-refractivity contribution in [3.8, 4) is 0 Å². The van der Waals surface area contributed by atoms with E-state index in [1.54, 1.807) is 18.2 Å². The molecule has 0 spiro atoms. The summed E-state index contributed by atoms with van der Waals surface area (Å²) in [6, 6.07) is 5.26. The van der Waals surface area contributed by atoms with Crippen LogP contribution in [0.2, 0.25) is 5.02 Å². The van der Waals surface area contributed by atoms with Gasteiger partial charge in [-0.05, 0) is 48.4 Å². The number of aromatic carboxylic acids is 1. The number of halogens is 1. The van der Waals surface area contributed by atoms with Crippen molar-refractivity contribution < 1.29 is 9.90 Å². The van der Waals surface area contributed by atoms with Gasteiger partial charge in [-0.15, -0.1) is 0 Å². The summed E-state index contributed by atoms with van der Waals surface area (Å²) in [5, 5.41) is 10.8. The van der Waals surface area contributed by atoms with Gasteiger partial charge in [0.2, 0.25) is 0 Å². The highest BCUT2D eigenvalue weighted by atomic mass is 35.5. The van der Waals surface area contributed by atoms with Gasteiger partial charge < -0.3 is 5.11 Å². The van der Waals surface area contributed by atoms with E-state index in [-0.39, 0.29) is 0 Å². The van der Waals surface area contributed by atoms with Gasteiger partial charge in [-0.25, -0.2) is 4.79 Å². The zero-order chi connectivity index (χ0) is 14.4. The van der Waals surface area contributed by atoms with Crippen molar-refractivity contribution in [1.82, 2.24) is 4.98 Å². The van der Waals surface area contributed by atoms with Gasteiger partial charge in [0.1, 0.15) is 0 Å². The molecule has 1 aromatic heterocycles.